The second-order valence-electron chi connectivity index (χ2n) is 4.69. The van der Waals surface area contributed by atoms with E-state index in [9.17, 15) is 13.2 Å². The zero-order valence-electron chi connectivity index (χ0n) is 11.6. The highest BCUT2D eigenvalue weighted by Crippen LogP contribution is 2.21. The van der Waals surface area contributed by atoms with Crippen LogP contribution in [0.5, 0.6) is 0 Å². The lowest BCUT2D eigenvalue weighted by Gasteiger charge is -2.24. The summed E-state index contributed by atoms with van der Waals surface area (Å²) in [5.41, 5.74) is 0. The molecule has 0 bridgehead atoms. The number of carbonyl (C=O) groups excluding carboxylic acids is 1. The van der Waals surface area contributed by atoms with E-state index in [4.69, 9.17) is 4.42 Å². The molecule has 0 saturated heterocycles. The first-order valence-corrected chi connectivity index (χ1v) is 7.94. The summed E-state index contributed by atoms with van der Waals surface area (Å²) in [7, 11) is -3.66. The normalized spacial score (nSPS) is 12.3. The van der Waals surface area contributed by atoms with Gasteiger partial charge in [0.15, 0.2) is 12.0 Å². The van der Waals surface area contributed by atoms with Gasteiger partial charge in [-0.15, -0.1) is 0 Å². The van der Waals surface area contributed by atoms with Crippen LogP contribution in [-0.4, -0.2) is 31.6 Å². The molecular weight excluding hydrogens is 266 g/mol. The maximum absolute atomic E-state index is 12.4. The number of nitrogens with zero attached hydrogens (tertiary/aromatic N) is 1. The quantitative estimate of drug-likeness (QED) is 0.544. The van der Waals surface area contributed by atoms with Crippen LogP contribution in [0.25, 0.3) is 0 Å². The van der Waals surface area contributed by atoms with Gasteiger partial charge in [-0.3, -0.25) is 4.79 Å². The number of aldehydes is 1. The lowest BCUT2D eigenvalue weighted by molar-refractivity contribution is 0.109. The Hall–Kier alpha value is -1.14. The Kier molecular flexibility index (Phi) is 5.75. The molecule has 19 heavy (non-hydrogen) atoms. The lowest BCUT2D eigenvalue weighted by atomic mass is 10.2. The zero-order valence-corrected chi connectivity index (χ0v) is 12.4. The van der Waals surface area contributed by atoms with E-state index in [-0.39, 0.29) is 16.9 Å². The lowest BCUT2D eigenvalue weighted by Crippen LogP contribution is -2.37. The fourth-order valence-corrected chi connectivity index (χ4v) is 3.42. The standard InChI is InChI=1S/C13H21NO4S/c1-4-5-6-9-14(11(2)3)19(16,17)13-8-7-12(10-15)18-13/h7-8,10-11H,4-6,9H2,1-3H3. The second kappa shape index (κ2) is 6.86. The summed E-state index contributed by atoms with van der Waals surface area (Å²) in [6.45, 7) is 6.18. The molecule has 0 spiro atoms. The van der Waals surface area contributed by atoms with Crippen molar-refractivity contribution < 1.29 is 17.6 Å². The third-order valence-electron chi connectivity index (χ3n) is 2.84. The third kappa shape index (κ3) is 3.91. The fourth-order valence-electron chi connectivity index (χ4n) is 1.83. The molecule has 0 amide bonds. The van der Waals surface area contributed by atoms with Gasteiger partial charge in [-0.1, -0.05) is 19.8 Å². The van der Waals surface area contributed by atoms with E-state index in [2.05, 4.69) is 6.92 Å². The highest BCUT2D eigenvalue weighted by atomic mass is 32.2. The zero-order chi connectivity index (χ0) is 14.5. The van der Waals surface area contributed by atoms with Crippen molar-refractivity contribution in [2.24, 2.45) is 0 Å². The van der Waals surface area contributed by atoms with Gasteiger partial charge < -0.3 is 4.42 Å². The Morgan fingerprint density at radius 1 is 1.32 bits per heavy atom. The Morgan fingerprint density at radius 3 is 2.47 bits per heavy atom. The van der Waals surface area contributed by atoms with Gasteiger partial charge in [0.25, 0.3) is 10.0 Å². The van der Waals surface area contributed by atoms with Gasteiger partial charge in [0.2, 0.25) is 5.09 Å². The maximum atomic E-state index is 12.4. The van der Waals surface area contributed by atoms with Crippen LogP contribution in [0.3, 0.4) is 0 Å². The molecule has 0 fully saturated rings. The van der Waals surface area contributed by atoms with E-state index in [0.29, 0.717) is 12.8 Å². The molecular formula is C13H21NO4S. The van der Waals surface area contributed by atoms with Crippen LogP contribution in [0.15, 0.2) is 21.6 Å². The van der Waals surface area contributed by atoms with E-state index < -0.39 is 10.0 Å². The average molecular weight is 287 g/mol. The molecule has 1 rings (SSSR count). The van der Waals surface area contributed by atoms with Crippen LogP contribution in [0, 0.1) is 0 Å². The molecule has 0 aromatic carbocycles. The number of hydrogen-bond acceptors (Lipinski definition) is 4. The van der Waals surface area contributed by atoms with Crippen molar-refractivity contribution in [3.8, 4) is 0 Å². The number of sulfonamides is 1. The van der Waals surface area contributed by atoms with Gasteiger partial charge in [-0.05, 0) is 32.4 Å². The smallest absolute Gasteiger partial charge is 0.276 e. The van der Waals surface area contributed by atoms with E-state index in [0.717, 1.165) is 19.3 Å². The summed E-state index contributed by atoms with van der Waals surface area (Å²) in [5.74, 6) is 0.0239. The molecule has 1 aromatic heterocycles. The van der Waals surface area contributed by atoms with Crippen LogP contribution < -0.4 is 0 Å². The van der Waals surface area contributed by atoms with Crippen molar-refractivity contribution in [1.29, 1.82) is 0 Å². The maximum Gasteiger partial charge on any atom is 0.276 e. The van der Waals surface area contributed by atoms with Gasteiger partial charge in [0.1, 0.15) is 0 Å². The molecule has 0 aliphatic heterocycles. The molecule has 1 heterocycles. The summed E-state index contributed by atoms with van der Waals surface area (Å²) in [5, 5.41) is -0.167. The summed E-state index contributed by atoms with van der Waals surface area (Å²) in [6.07, 6.45) is 3.32. The average Bonchev–Trinajstić information content (AvgIpc) is 2.83. The van der Waals surface area contributed by atoms with E-state index in [1.807, 2.05) is 13.8 Å². The number of carbonyl (C=O) groups is 1. The predicted molar refractivity (Wildman–Crippen MR) is 72.6 cm³/mol. The molecule has 0 atom stereocenters. The van der Waals surface area contributed by atoms with Gasteiger partial charge in [0.05, 0.1) is 0 Å². The number of hydrogen-bond donors (Lipinski definition) is 0. The summed E-state index contributed by atoms with van der Waals surface area (Å²) in [6, 6.07) is 2.55. The molecule has 0 N–H and O–H groups in total. The van der Waals surface area contributed by atoms with E-state index in [1.165, 1.54) is 16.4 Å². The molecule has 5 nitrogen and oxygen atoms in total. The third-order valence-corrected chi connectivity index (χ3v) is 4.79. The van der Waals surface area contributed by atoms with E-state index in [1.54, 1.807) is 0 Å². The van der Waals surface area contributed by atoms with Crippen molar-refractivity contribution >= 4 is 16.3 Å². The molecule has 0 saturated carbocycles. The van der Waals surface area contributed by atoms with Crippen molar-refractivity contribution in [2.75, 3.05) is 6.54 Å². The SMILES string of the molecule is CCCCCN(C(C)C)S(=O)(=O)c1ccc(C=O)o1. The van der Waals surface area contributed by atoms with Gasteiger partial charge in [-0.25, -0.2) is 8.42 Å². The van der Waals surface area contributed by atoms with Crippen LogP contribution in [0.4, 0.5) is 0 Å². The van der Waals surface area contributed by atoms with Gasteiger partial charge >= 0.3 is 0 Å². The van der Waals surface area contributed by atoms with Crippen molar-refractivity contribution in [1.82, 2.24) is 4.31 Å². The highest BCUT2D eigenvalue weighted by Gasteiger charge is 2.29. The first kappa shape index (κ1) is 15.9. The van der Waals surface area contributed by atoms with Crippen LogP contribution in [0.2, 0.25) is 0 Å². The molecule has 0 aliphatic rings. The molecule has 1 aromatic rings. The Bertz CT molecular complexity index is 504. The monoisotopic (exact) mass is 287 g/mol. The molecule has 0 aliphatic carbocycles. The fraction of sp³-hybridized carbons (Fsp3) is 0.615. The van der Waals surface area contributed by atoms with Crippen molar-refractivity contribution in [3.63, 3.8) is 0 Å². The molecule has 6 heteroatoms. The Labute approximate surface area is 114 Å². The highest BCUT2D eigenvalue weighted by molar-refractivity contribution is 7.89. The summed E-state index contributed by atoms with van der Waals surface area (Å²) >= 11 is 0. The summed E-state index contributed by atoms with van der Waals surface area (Å²) in [4.78, 5) is 10.6. The van der Waals surface area contributed by atoms with Gasteiger partial charge in [-0.2, -0.15) is 4.31 Å². The van der Waals surface area contributed by atoms with E-state index >= 15 is 0 Å². The summed E-state index contributed by atoms with van der Waals surface area (Å²) < 4.78 is 31.3. The first-order valence-electron chi connectivity index (χ1n) is 6.50. The topological polar surface area (TPSA) is 67.6 Å². The van der Waals surface area contributed by atoms with Crippen LogP contribution >= 0.6 is 0 Å². The number of unbranched alkanes of at least 4 members (excludes halogenated alkanes) is 2. The molecule has 0 radical (unpaired) electrons. The Morgan fingerprint density at radius 2 is 2.00 bits per heavy atom. The largest absolute Gasteiger partial charge is 0.440 e. The molecule has 108 valence electrons. The number of furan rings is 1. The van der Waals surface area contributed by atoms with Crippen LogP contribution in [-0.2, 0) is 10.0 Å². The molecule has 0 unspecified atom stereocenters. The first-order chi connectivity index (χ1) is 8.93. The minimum atomic E-state index is -3.66. The predicted octanol–water partition coefficient (Wildman–Crippen LogP) is 2.68. The van der Waals surface area contributed by atoms with Gasteiger partial charge in [0, 0.05) is 12.6 Å². The van der Waals surface area contributed by atoms with Crippen LogP contribution in [0.1, 0.15) is 50.6 Å². The minimum absolute atomic E-state index is 0.0239. The minimum Gasteiger partial charge on any atom is -0.440 e. The second-order valence-corrected chi connectivity index (χ2v) is 6.51. The van der Waals surface area contributed by atoms with Crippen molar-refractivity contribution in [3.05, 3.63) is 17.9 Å². The van der Waals surface area contributed by atoms with Crippen molar-refractivity contribution in [2.45, 2.75) is 51.2 Å². The number of rotatable bonds is 8. The Balaban J connectivity index is 2.95.